The molecule has 0 radical (unpaired) electrons. The maximum atomic E-state index is 11.1. The van der Waals surface area contributed by atoms with E-state index in [1.807, 2.05) is 6.07 Å². The van der Waals surface area contributed by atoms with Gasteiger partial charge in [-0.3, -0.25) is 0 Å². The van der Waals surface area contributed by atoms with E-state index in [4.69, 9.17) is 5.11 Å². The van der Waals surface area contributed by atoms with Crippen LogP contribution in [0.5, 0.6) is 0 Å². The molecule has 1 aliphatic rings. The van der Waals surface area contributed by atoms with Gasteiger partial charge in [-0.1, -0.05) is 22.9 Å². The average Bonchev–Trinajstić information content (AvgIpc) is 2.95. The topological polar surface area (TPSA) is 49.3 Å². The highest BCUT2D eigenvalue weighted by Gasteiger charge is 2.36. The van der Waals surface area contributed by atoms with Crippen molar-refractivity contribution in [2.75, 3.05) is 11.9 Å². The molecule has 1 fully saturated rings. The van der Waals surface area contributed by atoms with Crippen molar-refractivity contribution in [1.29, 1.82) is 0 Å². The molecule has 0 bridgehead atoms. The van der Waals surface area contributed by atoms with Crippen LogP contribution in [0.2, 0.25) is 0 Å². The van der Waals surface area contributed by atoms with E-state index in [2.05, 4.69) is 28.2 Å². The summed E-state index contributed by atoms with van der Waals surface area (Å²) in [6.45, 7) is 3.05. The summed E-state index contributed by atoms with van der Waals surface area (Å²) in [6, 6.07) is 5.28. The molecule has 1 aliphatic carbocycles. The number of benzene rings is 1. The van der Waals surface area contributed by atoms with Crippen molar-refractivity contribution in [3.63, 3.8) is 0 Å². The first-order valence-electron chi connectivity index (χ1n) is 5.27. The fourth-order valence-corrected chi connectivity index (χ4v) is 1.91. The summed E-state index contributed by atoms with van der Waals surface area (Å²) >= 11 is 3.28. The SMILES string of the molecule is CC1(CNc2ccc(Br)cc2C(=O)O)CC1. The van der Waals surface area contributed by atoms with Crippen LogP contribution in [0.3, 0.4) is 0 Å². The van der Waals surface area contributed by atoms with E-state index in [0.29, 0.717) is 16.7 Å². The van der Waals surface area contributed by atoms with Crippen LogP contribution in [0, 0.1) is 5.41 Å². The Kier molecular flexibility index (Phi) is 2.93. The molecule has 0 unspecified atom stereocenters. The molecule has 0 amide bonds. The Hall–Kier alpha value is -1.03. The van der Waals surface area contributed by atoms with Gasteiger partial charge < -0.3 is 10.4 Å². The molecule has 3 nitrogen and oxygen atoms in total. The zero-order chi connectivity index (χ0) is 11.8. The molecule has 0 saturated heterocycles. The average molecular weight is 284 g/mol. The summed E-state index contributed by atoms with van der Waals surface area (Å²) in [5.41, 5.74) is 1.38. The van der Waals surface area contributed by atoms with E-state index in [0.717, 1.165) is 11.0 Å². The second-order valence-corrected chi connectivity index (χ2v) is 5.57. The van der Waals surface area contributed by atoms with Crippen molar-refractivity contribution in [3.8, 4) is 0 Å². The normalized spacial score (nSPS) is 16.9. The summed E-state index contributed by atoms with van der Waals surface area (Å²) in [7, 11) is 0. The van der Waals surface area contributed by atoms with Crippen molar-refractivity contribution in [3.05, 3.63) is 28.2 Å². The summed E-state index contributed by atoms with van der Waals surface area (Å²) in [6.07, 6.45) is 2.44. The lowest BCUT2D eigenvalue weighted by molar-refractivity contribution is 0.0698. The zero-order valence-corrected chi connectivity index (χ0v) is 10.7. The van der Waals surface area contributed by atoms with Gasteiger partial charge in [0.05, 0.1) is 5.56 Å². The van der Waals surface area contributed by atoms with E-state index < -0.39 is 5.97 Å². The van der Waals surface area contributed by atoms with Crippen LogP contribution < -0.4 is 5.32 Å². The third-order valence-electron chi connectivity index (χ3n) is 3.02. The molecule has 0 aromatic heterocycles. The molecule has 1 aromatic carbocycles. The smallest absolute Gasteiger partial charge is 0.337 e. The first-order valence-corrected chi connectivity index (χ1v) is 6.06. The van der Waals surface area contributed by atoms with E-state index >= 15 is 0 Å². The van der Waals surface area contributed by atoms with Gasteiger partial charge in [-0.15, -0.1) is 0 Å². The number of halogens is 1. The summed E-state index contributed by atoms with van der Waals surface area (Å²) < 4.78 is 0.785. The number of nitrogens with one attached hydrogen (secondary N) is 1. The third kappa shape index (κ3) is 2.55. The van der Waals surface area contributed by atoms with Gasteiger partial charge in [0.15, 0.2) is 0 Å². The number of hydrogen-bond donors (Lipinski definition) is 2. The number of aromatic carboxylic acids is 1. The lowest BCUT2D eigenvalue weighted by atomic mass is 10.1. The van der Waals surface area contributed by atoms with Gasteiger partial charge in [0.2, 0.25) is 0 Å². The summed E-state index contributed by atoms with van der Waals surface area (Å²) in [4.78, 5) is 11.1. The van der Waals surface area contributed by atoms with Crippen LogP contribution in [-0.2, 0) is 0 Å². The van der Waals surface area contributed by atoms with Crippen molar-refractivity contribution in [2.45, 2.75) is 19.8 Å². The molecule has 2 N–H and O–H groups in total. The number of carboxylic acid groups (broad SMARTS) is 1. The minimum absolute atomic E-state index is 0.318. The fraction of sp³-hybridized carbons (Fsp3) is 0.417. The zero-order valence-electron chi connectivity index (χ0n) is 9.09. The Morgan fingerprint density at radius 3 is 2.81 bits per heavy atom. The van der Waals surface area contributed by atoms with Gasteiger partial charge in [-0.05, 0) is 36.5 Å². The maximum absolute atomic E-state index is 11.1. The highest BCUT2D eigenvalue weighted by molar-refractivity contribution is 9.10. The number of hydrogen-bond acceptors (Lipinski definition) is 2. The predicted molar refractivity (Wildman–Crippen MR) is 66.9 cm³/mol. The van der Waals surface area contributed by atoms with E-state index in [9.17, 15) is 4.79 Å². The third-order valence-corrected chi connectivity index (χ3v) is 3.51. The van der Waals surface area contributed by atoms with Gasteiger partial charge in [-0.2, -0.15) is 0 Å². The summed E-state index contributed by atoms with van der Waals surface area (Å²) in [5.74, 6) is -0.898. The van der Waals surface area contributed by atoms with Crippen molar-refractivity contribution in [2.24, 2.45) is 5.41 Å². The van der Waals surface area contributed by atoms with E-state index in [1.165, 1.54) is 12.8 Å². The Bertz CT molecular complexity index is 427. The minimum atomic E-state index is -0.898. The molecule has 86 valence electrons. The summed E-state index contributed by atoms with van der Waals surface area (Å²) in [5, 5.41) is 12.3. The molecule has 0 aliphatic heterocycles. The molecule has 2 rings (SSSR count). The van der Waals surface area contributed by atoms with Gasteiger partial charge in [0.25, 0.3) is 0 Å². The van der Waals surface area contributed by atoms with Gasteiger partial charge in [0, 0.05) is 16.7 Å². The number of carboxylic acids is 1. The van der Waals surface area contributed by atoms with E-state index in [-0.39, 0.29) is 0 Å². The van der Waals surface area contributed by atoms with Crippen LogP contribution in [-0.4, -0.2) is 17.6 Å². The largest absolute Gasteiger partial charge is 0.478 e. The van der Waals surface area contributed by atoms with Gasteiger partial charge in [-0.25, -0.2) is 4.79 Å². The molecule has 1 saturated carbocycles. The van der Waals surface area contributed by atoms with Gasteiger partial charge in [0.1, 0.15) is 0 Å². The maximum Gasteiger partial charge on any atom is 0.337 e. The highest BCUT2D eigenvalue weighted by Crippen LogP contribution is 2.44. The standard InChI is InChI=1S/C12H14BrNO2/c1-12(4-5-12)7-14-10-3-2-8(13)6-9(10)11(15)16/h2-3,6,14H,4-5,7H2,1H3,(H,15,16). The quantitative estimate of drug-likeness (QED) is 0.891. The molecular weight excluding hydrogens is 270 g/mol. The van der Waals surface area contributed by atoms with Crippen LogP contribution in [0.4, 0.5) is 5.69 Å². The molecule has 0 atom stereocenters. The van der Waals surface area contributed by atoms with Crippen molar-refractivity contribution < 1.29 is 9.90 Å². The number of rotatable bonds is 4. The first-order chi connectivity index (χ1) is 7.50. The monoisotopic (exact) mass is 283 g/mol. The minimum Gasteiger partial charge on any atom is -0.478 e. The van der Waals surface area contributed by atoms with Crippen LogP contribution in [0.15, 0.2) is 22.7 Å². The molecule has 0 spiro atoms. The highest BCUT2D eigenvalue weighted by atomic mass is 79.9. The van der Waals surface area contributed by atoms with Crippen LogP contribution in [0.1, 0.15) is 30.1 Å². The lowest BCUT2D eigenvalue weighted by Crippen LogP contribution is -2.14. The Balaban J connectivity index is 2.15. The molecule has 4 heteroatoms. The first kappa shape index (κ1) is 11.5. The second kappa shape index (κ2) is 4.09. The molecular formula is C12H14BrNO2. The molecule has 0 heterocycles. The Labute approximate surface area is 103 Å². The molecule has 16 heavy (non-hydrogen) atoms. The second-order valence-electron chi connectivity index (χ2n) is 4.66. The van der Waals surface area contributed by atoms with Crippen molar-refractivity contribution >= 4 is 27.6 Å². The van der Waals surface area contributed by atoms with Crippen molar-refractivity contribution in [1.82, 2.24) is 0 Å². The van der Waals surface area contributed by atoms with Crippen LogP contribution in [0.25, 0.3) is 0 Å². The Morgan fingerprint density at radius 2 is 2.25 bits per heavy atom. The lowest BCUT2D eigenvalue weighted by Gasteiger charge is -2.13. The number of carbonyl (C=O) groups is 1. The predicted octanol–water partition coefficient (Wildman–Crippen LogP) is 3.36. The molecule has 1 aromatic rings. The van der Waals surface area contributed by atoms with Gasteiger partial charge >= 0.3 is 5.97 Å². The van der Waals surface area contributed by atoms with Crippen LogP contribution >= 0.6 is 15.9 Å². The van der Waals surface area contributed by atoms with E-state index in [1.54, 1.807) is 12.1 Å². The fourth-order valence-electron chi connectivity index (χ4n) is 1.55. The Morgan fingerprint density at radius 1 is 1.56 bits per heavy atom. The number of anilines is 1.